The minimum absolute atomic E-state index is 0.0533. The third-order valence-electron chi connectivity index (χ3n) is 23.2. The number of hydrogen-bond acceptors (Lipinski definition) is 27. The number of carbonyl (C=O) groups excluding carboxylic acids is 5. The van der Waals surface area contributed by atoms with Crippen molar-refractivity contribution in [1.29, 1.82) is 5.26 Å². The first-order valence-electron chi connectivity index (χ1n) is 45.2. The molecule has 8 heterocycles. The Labute approximate surface area is 810 Å². The molecule has 8 aromatic heterocycles. The van der Waals surface area contributed by atoms with Gasteiger partial charge in [-0.25, -0.2) is 29.0 Å². The van der Waals surface area contributed by atoms with Crippen LogP contribution in [0.15, 0.2) is 141 Å². The maximum Gasteiger partial charge on any atom is 0.338 e. The number of hydrogen-bond donors (Lipinski definition) is 5. The summed E-state index contributed by atoms with van der Waals surface area (Å²) in [5, 5.41) is 71.4. The predicted molar refractivity (Wildman–Crippen MR) is 525 cm³/mol. The summed E-state index contributed by atoms with van der Waals surface area (Å²) in [5.74, 6) is 27.0. The van der Waals surface area contributed by atoms with Gasteiger partial charge < -0.3 is 81.1 Å². The van der Waals surface area contributed by atoms with Crippen LogP contribution < -0.4 is 27.8 Å². The summed E-state index contributed by atoms with van der Waals surface area (Å²) in [5.41, 5.74) is 6.11. The van der Waals surface area contributed by atoms with Crippen molar-refractivity contribution >= 4 is 69.0 Å². The molecule has 0 saturated heterocycles. The van der Waals surface area contributed by atoms with Gasteiger partial charge in [0, 0.05) is 204 Å². The highest BCUT2D eigenvalue weighted by molar-refractivity contribution is 7.09. The lowest BCUT2D eigenvalue weighted by Gasteiger charge is -2.20. The number of rotatable bonds is 21. The zero-order valence-electron chi connectivity index (χ0n) is 82.6. The summed E-state index contributed by atoms with van der Waals surface area (Å²) in [6, 6.07) is 5.11. The predicted octanol–water partition coefficient (Wildman–Crippen LogP) is 11.1. The fourth-order valence-electron chi connectivity index (χ4n) is 15.7. The average molecular weight is 1910 g/mol. The zero-order chi connectivity index (χ0) is 103. The monoisotopic (exact) mass is 1910 g/mol. The fourth-order valence-corrected chi connectivity index (χ4v) is 16.4. The molecular weight excluding hydrogens is 1800 g/mol. The van der Waals surface area contributed by atoms with Crippen molar-refractivity contribution in [2.75, 3.05) is 33.0 Å². The molecule has 0 fully saturated rings. The van der Waals surface area contributed by atoms with Gasteiger partial charge >= 0.3 is 29.8 Å². The number of nitrogens with zero attached hydrogens (tertiary/aromatic N) is 9. The largest absolute Gasteiger partial charge is 0.462 e. The summed E-state index contributed by atoms with van der Waals surface area (Å²) >= 11 is 1.31. The molecule has 728 valence electrons. The van der Waals surface area contributed by atoms with E-state index in [0.29, 0.717) is 186 Å². The molecule has 5 atom stereocenters. The number of ether oxygens (including phenoxy) is 5. The number of pyridine rings is 5. The van der Waals surface area contributed by atoms with Gasteiger partial charge in [0.2, 0.25) is 0 Å². The highest BCUT2D eigenvalue weighted by atomic mass is 32.1. The van der Waals surface area contributed by atoms with Crippen LogP contribution in [-0.4, -0.2) is 138 Å². The number of thiazole rings is 1. The Morgan fingerprint density at radius 1 is 0.468 bits per heavy atom. The first-order chi connectivity index (χ1) is 65.4. The van der Waals surface area contributed by atoms with Gasteiger partial charge in [0.25, 0.3) is 27.8 Å². The molecule has 0 aliphatic heterocycles. The summed E-state index contributed by atoms with van der Waals surface area (Å²) in [4.78, 5) is 130. The number of esters is 5. The Balaban J connectivity index is 0.000000195. The Hall–Kier alpha value is -14.6. The van der Waals surface area contributed by atoms with Crippen LogP contribution in [0, 0.1) is 90.3 Å². The minimum Gasteiger partial charge on any atom is -0.462 e. The number of carbonyl (C=O) groups is 5. The van der Waals surface area contributed by atoms with Crippen LogP contribution in [0.2, 0.25) is 0 Å². The molecule has 5 aliphatic carbocycles. The molecule has 0 radical (unpaired) electrons. The van der Waals surface area contributed by atoms with E-state index in [1.807, 2.05) is 40.7 Å². The SMILES string of the molecule is C=CCCn1cc(C#CC(C)(O)CC#N)c2c(c1=O)CC(C)=C2C(=O)OCC.C=CCCn1cc(C#C[C@](C)(O)c2cc(C)on2)c2c(c1=O)CC(C)=C2C(=O)OCC.CCOC(=O)C1=C(C)Cc2c1c(C#CC(C)(O)C(C)C)cn(C)c2=O.CCOC(=O)C1=C(C)Cc2c1c(C#CC(C)(O)c1nccs1)cn(C)c2=O.CCOC(=O)C1=C(C)Cc2c1c(C#C[C@@](C)(O)c1cc(C)no1)cn(C)c2=O. The Morgan fingerprint density at radius 3 is 1.09 bits per heavy atom. The molecule has 139 heavy (non-hydrogen) atoms. The smallest absolute Gasteiger partial charge is 0.338 e. The van der Waals surface area contributed by atoms with E-state index >= 15 is 0 Å². The van der Waals surface area contributed by atoms with E-state index in [0.717, 1.165) is 27.9 Å². The molecule has 3 unspecified atom stereocenters. The van der Waals surface area contributed by atoms with E-state index in [2.05, 4.69) is 87.7 Å². The third kappa shape index (κ3) is 24.7. The normalized spacial score (nSPS) is 14.8. The number of nitriles is 1. The highest BCUT2D eigenvalue weighted by Gasteiger charge is 2.39. The van der Waals surface area contributed by atoms with E-state index in [9.17, 15) is 73.5 Å². The van der Waals surface area contributed by atoms with Crippen LogP contribution in [0.5, 0.6) is 0 Å². The second-order valence-corrected chi connectivity index (χ2v) is 35.9. The van der Waals surface area contributed by atoms with Crippen molar-refractivity contribution in [3.8, 4) is 65.3 Å². The molecule has 31 nitrogen and oxygen atoms in total. The first kappa shape index (κ1) is 108. The molecule has 8 aromatic rings. The summed E-state index contributed by atoms with van der Waals surface area (Å²) in [7, 11) is 4.93. The number of aromatic nitrogens is 8. The van der Waals surface area contributed by atoms with Crippen LogP contribution in [0.4, 0.5) is 0 Å². The maximum absolute atomic E-state index is 13.0. The Kier molecular flexibility index (Phi) is 35.5. The van der Waals surface area contributed by atoms with Gasteiger partial charge in [-0.3, -0.25) is 24.0 Å². The van der Waals surface area contributed by atoms with Gasteiger partial charge in [-0.05, 0) is 136 Å². The number of aryl methyl sites for hydroxylation is 7. The van der Waals surface area contributed by atoms with Crippen molar-refractivity contribution in [3.63, 3.8) is 0 Å². The van der Waals surface area contributed by atoms with Crippen LogP contribution in [0.1, 0.15) is 248 Å². The number of allylic oxidation sites excluding steroid dienone is 7. The van der Waals surface area contributed by atoms with E-state index in [1.165, 1.54) is 45.8 Å². The molecular formula is C107H117N9O22S. The summed E-state index contributed by atoms with van der Waals surface area (Å²) < 4.78 is 43.5. The maximum atomic E-state index is 13.0. The molecule has 0 aromatic carbocycles. The van der Waals surface area contributed by atoms with Crippen molar-refractivity contribution in [1.82, 2.24) is 38.1 Å². The molecule has 0 spiro atoms. The van der Waals surface area contributed by atoms with E-state index in [4.69, 9.17) is 38.0 Å². The van der Waals surface area contributed by atoms with E-state index in [-0.39, 0.29) is 84.6 Å². The Morgan fingerprint density at radius 2 is 0.791 bits per heavy atom. The molecule has 13 rings (SSSR count). The van der Waals surface area contributed by atoms with Gasteiger partial charge in [0.1, 0.15) is 27.7 Å². The third-order valence-corrected chi connectivity index (χ3v) is 24.2. The van der Waals surface area contributed by atoms with Crippen LogP contribution in [0.25, 0.3) is 27.9 Å². The van der Waals surface area contributed by atoms with Crippen LogP contribution in [-0.2, 0) is 131 Å². The summed E-state index contributed by atoms with van der Waals surface area (Å²) in [6.45, 7) is 42.1. The molecule has 0 bridgehead atoms. The van der Waals surface area contributed by atoms with E-state index in [1.54, 1.807) is 173 Å². The molecule has 0 amide bonds. The van der Waals surface area contributed by atoms with Crippen LogP contribution in [0.3, 0.4) is 0 Å². The molecule has 32 heteroatoms. The Bertz CT molecular complexity index is 7160. The first-order valence-corrected chi connectivity index (χ1v) is 46.0. The average Bonchev–Trinajstić information content (AvgIpc) is 1.45. The summed E-state index contributed by atoms with van der Waals surface area (Å²) in [6.07, 6.45) is 16.0. The topological polar surface area (TPSA) is 431 Å². The van der Waals surface area contributed by atoms with Gasteiger partial charge in [-0.1, -0.05) is 123 Å². The lowest BCUT2D eigenvalue weighted by atomic mass is 9.92. The van der Waals surface area contributed by atoms with Crippen molar-refractivity contribution in [2.24, 2.45) is 27.1 Å². The van der Waals surface area contributed by atoms with Crippen molar-refractivity contribution in [2.45, 2.75) is 224 Å². The number of fused-ring (bicyclic) bond motifs is 5. The lowest BCUT2D eigenvalue weighted by molar-refractivity contribution is -0.137. The molecule has 0 saturated carbocycles. The second kappa shape index (κ2) is 45.6. The molecule has 5 N–H and O–H groups in total. The van der Waals surface area contributed by atoms with Gasteiger partial charge in [-0.15, -0.1) is 24.5 Å². The lowest BCUT2D eigenvalue weighted by Crippen LogP contribution is -2.29. The van der Waals surface area contributed by atoms with Crippen LogP contribution >= 0.6 is 11.3 Å². The fraction of sp³-hybridized carbons (Fsp3) is 0.402. The van der Waals surface area contributed by atoms with Crippen molar-refractivity contribution in [3.05, 3.63) is 271 Å². The van der Waals surface area contributed by atoms with Gasteiger partial charge in [0.05, 0.1) is 79.1 Å². The second-order valence-electron chi connectivity index (χ2n) is 35.0. The van der Waals surface area contributed by atoms with E-state index < -0.39 is 57.9 Å². The number of aliphatic hydroxyl groups is 5. The minimum atomic E-state index is -1.58. The van der Waals surface area contributed by atoms with Gasteiger partial charge in [-0.2, -0.15) is 5.26 Å². The zero-order valence-corrected chi connectivity index (χ0v) is 83.4. The highest BCUT2D eigenvalue weighted by Crippen LogP contribution is 2.41. The van der Waals surface area contributed by atoms with Crippen molar-refractivity contribution < 1.29 is 82.2 Å². The van der Waals surface area contributed by atoms with Gasteiger partial charge in [0.15, 0.2) is 22.6 Å². The molecule has 5 aliphatic rings. The quantitative estimate of drug-likeness (QED) is 0.0193. The standard InChI is InChI=1S/C24H26N2O5.C22H24N2O4.C21H22N2O5.C20H20N2O4S.C20H25NO4/c1-6-8-11-26-14-17(9-10-24(5,29)19-13-16(4)31-25-19)21-18(22(26)27)12-15(3)20(21)23(28)30-7-2;1-5-7-12-24-14-16(8-9-22(4,27)10-11-23)19-17(20(24)25)13-15(3)18(19)21(26)28-6-2;1-6-27-20(25)17-12(2)9-15-18(17)14(11-23(5)19(15)24)7-8-21(4,26)16-10-13(3)22-28-16;1-5-26-18(24)15-12(2)10-14-16(15)13(11-22(4)17(14)23)6-7-20(3,25)19-21-8-9-27-19;1-7-25-19(23)16-13(4)10-15-17(16)14(11-21(6)18(15)22)8-9-20(5,24)12(2)3/h6,13-14,29H,1,7-8,11-12H2,2-5H3;5,14,27H,1,6-7,10,12-13H2,2-4H3;10-11,26H,6,9H2,1-5H3;8-9,11,25H,5,10H2,1-4H3;11-12,24H,7,10H2,1-6H3/t24-;;21-;;/m0.1../s1.